The molecule has 0 atom stereocenters. The Morgan fingerprint density at radius 3 is 2.57 bits per heavy atom. The van der Waals surface area contributed by atoms with Gasteiger partial charge in [-0.15, -0.1) is 11.8 Å². The summed E-state index contributed by atoms with van der Waals surface area (Å²) in [5, 5.41) is 0. The molecule has 30 heavy (non-hydrogen) atoms. The van der Waals surface area contributed by atoms with Crippen molar-refractivity contribution >= 4 is 11.8 Å². The minimum absolute atomic E-state index is 0.0469. The Kier molecular flexibility index (Phi) is 7.98. The van der Waals surface area contributed by atoms with Gasteiger partial charge in [-0.05, 0) is 55.1 Å². The number of nitrogens with zero attached hydrogens (tertiary/aromatic N) is 2. The van der Waals surface area contributed by atoms with Gasteiger partial charge >= 0.3 is 0 Å². The van der Waals surface area contributed by atoms with Crippen LogP contribution < -0.4 is 10.3 Å². The Morgan fingerprint density at radius 1 is 1.20 bits per heavy atom. The first-order chi connectivity index (χ1) is 14.5. The second-order valence-electron chi connectivity index (χ2n) is 8.08. The highest BCUT2D eigenvalue weighted by molar-refractivity contribution is 7.99. The van der Waals surface area contributed by atoms with Crippen LogP contribution in [0.2, 0.25) is 0 Å². The van der Waals surface area contributed by atoms with Crippen molar-refractivity contribution in [3.05, 3.63) is 46.5 Å². The van der Waals surface area contributed by atoms with Crippen LogP contribution >= 0.6 is 11.8 Å². The Labute approximate surface area is 183 Å². The van der Waals surface area contributed by atoms with Gasteiger partial charge in [-0.2, -0.15) is 0 Å². The van der Waals surface area contributed by atoms with Crippen LogP contribution in [0.15, 0.2) is 40.3 Å². The second-order valence-corrected chi connectivity index (χ2v) is 9.38. The predicted octanol–water partition coefficient (Wildman–Crippen LogP) is 6.30. The van der Waals surface area contributed by atoms with Crippen molar-refractivity contribution in [1.82, 2.24) is 9.55 Å². The third-order valence-corrected chi connectivity index (χ3v) is 7.01. The van der Waals surface area contributed by atoms with Crippen LogP contribution in [0, 0.1) is 0 Å². The highest BCUT2D eigenvalue weighted by atomic mass is 32.2. The SMILES string of the molecule is CCSc1cc(C2CCCCC2)cnc1-n1ccc(OCC(F)(CC)CC)cc1=O. The number of halogens is 1. The summed E-state index contributed by atoms with van der Waals surface area (Å²) in [7, 11) is 0. The maximum Gasteiger partial charge on any atom is 0.259 e. The number of rotatable bonds is 9. The lowest BCUT2D eigenvalue weighted by Gasteiger charge is -2.23. The highest BCUT2D eigenvalue weighted by Crippen LogP contribution is 2.35. The number of hydrogen-bond donors (Lipinski definition) is 0. The monoisotopic (exact) mass is 432 g/mol. The van der Waals surface area contributed by atoms with E-state index in [9.17, 15) is 9.18 Å². The molecule has 2 aromatic rings. The summed E-state index contributed by atoms with van der Waals surface area (Å²) in [6.07, 6.45) is 10.7. The fraction of sp³-hybridized carbons (Fsp3) is 0.583. The summed E-state index contributed by atoms with van der Waals surface area (Å²) in [5.74, 6) is 2.52. The van der Waals surface area contributed by atoms with Crippen LogP contribution in [0.25, 0.3) is 5.82 Å². The van der Waals surface area contributed by atoms with E-state index in [1.54, 1.807) is 42.4 Å². The van der Waals surface area contributed by atoms with Gasteiger partial charge in [0.15, 0.2) is 5.82 Å². The third-order valence-electron chi connectivity index (χ3n) is 6.11. The van der Waals surface area contributed by atoms with Gasteiger partial charge in [0.05, 0.1) is 4.90 Å². The molecule has 2 aromatic heterocycles. The van der Waals surface area contributed by atoms with E-state index in [2.05, 4.69) is 18.0 Å². The molecule has 0 spiro atoms. The van der Waals surface area contributed by atoms with E-state index in [4.69, 9.17) is 4.74 Å². The molecule has 1 fully saturated rings. The number of hydrogen-bond acceptors (Lipinski definition) is 4. The lowest BCUT2D eigenvalue weighted by Crippen LogP contribution is -2.29. The minimum atomic E-state index is -1.36. The topological polar surface area (TPSA) is 44.1 Å². The van der Waals surface area contributed by atoms with Crippen LogP contribution in [0.1, 0.15) is 77.2 Å². The average Bonchev–Trinajstić information content (AvgIpc) is 2.78. The van der Waals surface area contributed by atoms with E-state index in [1.807, 2.05) is 6.20 Å². The van der Waals surface area contributed by atoms with Crippen molar-refractivity contribution in [3.8, 4) is 11.6 Å². The zero-order valence-electron chi connectivity index (χ0n) is 18.3. The molecule has 3 rings (SSSR count). The van der Waals surface area contributed by atoms with Crippen molar-refractivity contribution < 1.29 is 9.13 Å². The van der Waals surface area contributed by atoms with E-state index < -0.39 is 5.67 Å². The van der Waals surface area contributed by atoms with E-state index in [1.165, 1.54) is 43.7 Å². The molecule has 0 bridgehead atoms. The molecule has 2 heterocycles. The maximum absolute atomic E-state index is 14.5. The van der Waals surface area contributed by atoms with Crippen molar-refractivity contribution in [1.29, 1.82) is 0 Å². The number of aromatic nitrogens is 2. The quantitative estimate of drug-likeness (QED) is 0.436. The van der Waals surface area contributed by atoms with Gasteiger partial charge in [-0.25, -0.2) is 9.37 Å². The lowest BCUT2D eigenvalue weighted by molar-refractivity contribution is 0.0762. The molecular formula is C24H33FN2O2S. The minimum Gasteiger partial charge on any atom is -0.490 e. The van der Waals surface area contributed by atoms with Crippen molar-refractivity contribution in [3.63, 3.8) is 0 Å². The molecule has 0 unspecified atom stereocenters. The number of thioether (sulfide) groups is 1. The van der Waals surface area contributed by atoms with Crippen LogP contribution in [0.5, 0.6) is 5.75 Å². The standard InChI is InChI=1S/C24H33FN2O2S/c1-4-24(25,5-2)17-29-20-12-13-27(22(28)15-20)23-21(30-6-3)14-19(16-26-23)18-10-8-7-9-11-18/h12-16,18H,4-11,17H2,1-3H3. The second kappa shape index (κ2) is 10.5. The van der Waals surface area contributed by atoms with Crippen LogP contribution in [-0.2, 0) is 0 Å². The smallest absolute Gasteiger partial charge is 0.259 e. The zero-order chi connectivity index (χ0) is 21.6. The molecule has 0 aliphatic heterocycles. The summed E-state index contributed by atoms with van der Waals surface area (Å²) >= 11 is 1.70. The molecule has 0 radical (unpaired) electrons. The van der Waals surface area contributed by atoms with E-state index in [0.717, 1.165) is 10.6 Å². The van der Waals surface area contributed by atoms with Gasteiger partial charge in [0.25, 0.3) is 5.56 Å². The normalized spacial score (nSPS) is 15.3. The first-order valence-corrected chi connectivity index (χ1v) is 12.2. The number of pyridine rings is 2. The molecule has 0 saturated heterocycles. The molecule has 164 valence electrons. The third kappa shape index (κ3) is 5.45. The van der Waals surface area contributed by atoms with Crippen LogP contribution in [0.4, 0.5) is 4.39 Å². The first kappa shape index (κ1) is 22.9. The summed E-state index contributed by atoms with van der Waals surface area (Å²) in [4.78, 5) is 18.5. The summed E-state index contributed by atoms with van der Waals surface area (Å²) < 4.78 is 21.6. The summed E-state index contributed by atoms with van der Waals surface area (Å²) in [6.45, 7) is 5.67. The average molecular weight is 433 g/mol. The van der Waals surface area contributed by atoms with Gasteiger partial charge in [0, 0.05) is 18.5 Å². The van der Waals surface area contributed by atoms with Crippen molar-refractivity contribution in [2.75, 3.05) is 12.4 Å². The molecule has 0 aromatic carbocycles. The van der Waals surface area contributed by atoms with Gasteiger partial charge in [-0.1, -0.05) is 40.0 Å². The zero-order valence-corrected chi connectivity index (χ0v) is 19.1. The molecule has 1 aliphatic carbocycles. The van der Waals surface area contributed by atoms with Gasteiger partial charge in [0.2, 0.25) is 0 Å². The Hall–Kier alpha value is -1.82. The van der Waals surface area contributed by atoms with Gasteiger partial charge in [0.1, 0.15) is 18.0 Å². The van der Waals surface area contributed by atoms with Crippen LogP contribution in [-0.4, -0.2) is 27.6 Å². The molecular weight excluding hydrogens is 399 g/mol. The number of ether oxygens (including phenoxy) is 1. The van der Waals surface area contributed by atoms with Gasteiger partial charge in [-0.3, -0.25) is 9.36 Å². The highest BCUT2D eigenvalue weighted by Gasteiger charge is 2.26. The summed E-state index contributed by atoms with van der Waals surface area (Å²) in [5.41, 5.74) is -0.308. The fourth-order valence-electron chi connectivity index (χ4n) is 3.95. The van der Waals surface area contributed by atoms with Crippen LogP contribution in [0.3, 0.4) is 0 Å². The van der Waals surface area contributed by atoms with E-state index in [-0.39, 0.29) is 12.2 Å². The predicted molar refractivity (Wildman–Crippen MR) is 122 cm³/mol. The van der Waals surface area contributed by atoms with Crippen molar-refractivity contribution in [2.45, 2.75) is 82.2 Å². The molecule has 4 nitrogen and oxygen atoms in total. The van der Waals surface area contributed by atoms with Gasteiger partial charge < -0.3 is 4.74 Å². The number of alkyl halides is 1. The summed E-state index contributed by atoms with van der Waals surface area (Å²) in [6, 6.07) is 5.34. The van der Waals surface area contributed by atoms with Crippen molar-refractivity contribution in [2.24, 2.45) is 0 Å². The Bertz CT molecular complexity index is 889. The lowest BCUT2D eigenvalue weighted by atomic mass is 9.85. The molecule has 0 amide bonds. The largest absolute Gasteiger partial charge is 0.490 e. The Morgan fingerprint density at radius 2 is 1.93 bits per heavy atom. The molecule has 0 N–H and O–H groups in total. The van der Waals surface area contributed by atoms with E-state index >= 15 is 0 Å². The molecule has 1 saturated carbocycles. The molecule has 6 heteroatoms. The molecule has 1 aliphatic rings. The first-order valence-electron chi connectivity index (χ1n) is 11.2. The maximum atomic E-state index is 14.5. The van der Waals surface area contributed by atoms with E-state index in [0.29, 0.717) is 30.3 Å². The fourth-order valence-corrected chi connectivity index (χ4v) is 4.76. The Balaban J connectivity index is 1.84.